The Hall–Kier alpha value is -2.27. The van der Waals surface area contributed by atoms with Crippen LogP contribution in [0.2, 0.25) is 0 Å². The number of unbranched alkanes of at least 4 members (excludes halogenated alkanes) is 3. The fourth-order valence-corrected chi connectivity index (χ4v) is 7.30. The molecule has 4 rings (SSSR count). The van der Waals surface area contributed by atoms with E-state index >= 15 is 0 Å². The lowest BCUT2D eigenvalue weighted by molar-refractivity contribution is -0.161. The first-order chi connectivity index (χ1) is 19.2. The molecule has 4 aliphatic heterocycles. The van der Waals surface area contributed by atoms with E-state index in [2.05, 4.69) is 18.1 Å². The Kier molecular flexibility index (Phi) is 10.1. The van der Waals surface area contributed by atoms with Gasteiger partial charge in [-0.05, 0) is 32.1 Å². The molecular weight excluding hydrogens is 514 g/mol. The Bertz CT molecular complexity index is 954. The number of likely N-dealkylation sites (tertiary alicyclic amines) is 1. The topological polar surface area (TPSA) is 109 Å². The lowest BCUT2D eigenvalue weighted by Crippen LogP contribution is -2.57. The van der Waals surface area contributed by atoms with Crippen LogP contribution in [0.25, 0.3) is 0 Å². The van der Waals surface area contributed by atoms with Gasteiger partial charge in [0, 0.05) is 45.9 Å². The van der Waals surface area contributed by atoms with Crippen LogP contribution in [0, 0.1) is 17.8 Å². The summed E-state index contributed by atoms with van der Waals surface area (Å²) in [6.07, 6.45) is 6.82. The minimum absolute atomic E-state index is 0.0427. The monoisotopic (exact) mass is 561 g/mol. The van der Waals surface area contributed by atoms with Crippen LogP contribution in [0.1, 0.15) is 46.0 Å². The summed E-state index contributed by atoms with van der Waals surface area (Å²) >= 11 is 0. The molecule has 0 saturated carbocycles. The summed E-state index contributed by atoms with van der Waals surface area (Å²) in [5.74, 6) is -2.44. The van der Waals surface area contributed by atoms with Gasteiger partial charge in [0.05, 0.1) is 24.7 Å². The number of hydrogen-bond donors (Lipinski definition) is 1. The van der Waals surface area contributed by atoms with Crippen molar-refractivity contribution in [2.24, 2.45) is 17.8 Å². The predicted octanol–water partition coefficient (Wildman–Crippen LogP) is 1.63. The van der Waals surface area contributed by atoms with Gasteiger partial charge in [0.15, 0.2) is 0 Å². The maximum atomic E-state index is 14.5. The van der Waals surface area contributed by atoms with E-state index in [-0.39, 0.29) is 30.9 Å². The fourth-order valence-electron chi connectivity index (χ4n) is 7.30. The molecule has 0 aromatic heterocycles. The highest BCUT2D eigenvalue weighted by atomic mass is 16.6. The SMILES string of the molecule is C=CCOC(=O)[C@@H]1[C@H]2C(=O)N(CCCCCCO)C(C(=O)N(CC=C)CCN3CCOCC3)C23CC(C)[C@@]1(C)O3. The molecule has 4 heterocycles. The van der Waals surface area contributed by atoms with Gasteiger partial charge in [-0.25, -0.2) is 0 Å². The first-order valence-corrected chi connectivity index (χ1v) is 14.8. The molecule has 1 N–H and O–H groups in total. The van der Waals surface area contributed by atoms with E-state index in [1.54, 1.807) is 15.9 Å². The van der Waals surface area contributed by atoms with Crippen molar-refractivity contribution in [1.82, 2.24) is 14.7 Å². The lowest BCUT2D eigenvalue weighted by Gasteiger charge is -2.38. The average Bonchev–Trinajstić information content (AvgIpc) is 3.46. The van der Waals surface area contributed by atoms with Crippen molar-refractivity contribution in [2.45, 2.75) is 63.2 Å². The first kappa shape index (κ1) is 30.7. The van der Waals surface area contributed by atoms with Crippen LogP contribution in [-0.4, -0.2) is 121 Å². The molecule has 4 fully saturated rings. The molecule has 0 aliphatic carbocycles. The van der Waals surface area contributed by atoms with Crippen LogP contribution in [0.15, 0.2) is 25.3 Å². The Morgan fingerprint density at radius 2 is 1.88 bits per heavy atom. The predicted molar refractivity (Wildman–Crippen MR) is 149 cm³/mol. The Labute approximate surface area is 238 Å². The molecule has 6 atom stereocenters. The van der Waals surface area contributed by atoms with E-state index in [1.807, 2.05) is 13.8 Å². The average molecular weight is 562 g/mol. The van der Waals surface area contributed by atoms with Crippen molar-refractivity contribution >= 4 is 17.8 Å². The lowest BCUT2D eigenvalue weighted by atomic mass is 9.62. The van der Waals surface area contributed by atoms with E-state index in [1.165, 1.54) is 6.08 Å². The number of morpholine rings is 1. The number of ether oxygens (including phenoxy) is 3. The maximum absolute atomic E-state index is 14.5. The number of carbonyl (C=O) groups is 3. The van der Waals surface area contributed by atoms with Crippen molar-refractivity contribution in [3.63, 3.8) is 0 Å². The van der Waals surface area contributed by atoms with Crippen LogP contribution >= 0.6 is 0 Å². The van der Waals surface area contributed by atoms with Gasteiger partial charge in [0.25, 0.3) is 0 Å². The summed E-state index contributed by atoms with van der Waals surface area (Å²) in [5.41, 5.74) is -1.99. The Morgan fingerprint density at radius 1 is 1.15 bits per heavy atom. The molecule has 1 spiro atoms. The number of hydrogen-bond acceptors (Lipinski definition) is 8. The summed E-state index contributed by atoms with van der Waals surface area (Å²) in [4.78, 5) is 47.8. The molecule has 10 heteroatoms. The van der Waals surface area contributed by atoms with E-state index < -0.39 is 35.0 Å². The maximum Gasteiger partial charge on any atom is 0.313 e. The second-order valence-corrected chi connectivity index (χ2v) is 11.8. The number of fused-ring (bicyclic) bond motifs is 1. The highest BCUT2D eigenvalue weighted by Gasteiger charge is 2.80. The zero-order valence-electron chi connectivity index (χ0n) is 24.2. The number of aliphatic hydroxyl groups is 1. The van der Waals surface area contributed by atoms with Crippen molar-refractivity contribution in [3.05, 3.63) is 25.3 Å². The number of rotatable bonds is 15. The largest absolute Gasteiger partial charge is 0.461 e. The molecule has 2 amide bonds. The van der Waals surface area contributed by atoms with Gasteiger partial charge in [-0.2, -0.15) is 0 Å². The number of amides is 2. The van der Waals surface area contributed by atoms with Crippen LogP contribution in [-0.2, 0) is 28.6 Å². The summed E-state index contributed by atoms with van der Waals surface area (Å²) in [6, 6.07) is -0.825. The van der Waals surface area contributed by atoms with Gasteiger partial charge in [0.1, 0.15) is 24.2 Å². The standard InChI is InChI=1S/C30H47N3O7/c1-5-11-32(14-13-31-15-19-38-20-16-31)27(36)25-30-21-22(3)29(4,40-30)24(28(37)39-18-6-2)23(30)26(35)33(25)12-9-7-8-10-17-34/h5-6,22-25,34H,1-2,7-21H2,3-4H3/t22?,23-,24-,25?,29+,30?/m0/s1. The van der Waals surface area contributed by atoms with Crippen LogP contribution in [0.3, 0.4) is 0 Å². The van der Waals surface area contributed by atoms with Crippen molar-refractivity contribution in [2.75, 3.05) is 65.7 Å². The zero-order valence-corrected chi connectivity index (χ0v) is 24.2. The van der Waals surface area contributed by atoms with Crippen molar-refractivity contribution in [1.29, 1.82) is 0 Å². The minimum Gasteiger partial charge on any atom is -0.461 e. The molecule has 2 bridgehead atoms. The van der Waals surface area contributed by atoms with Crippen LogP contribution in [0.5, 0.6) is 0 Å². The van der Waals surface area contributed by atoms with Gasteiger partial charge in [-0.3, -0.25) is 19.3 Å². The van der Waals surface area contributed by atoms with Gasteiger partial charge in [-0.1, -0.05) is 38.5 Å². The van der Waals surface area contributed by atoms with E-state index in [0.29, 0.717) is 58.7 Å². The number of esters is 1. The Morgan fingerprint density at radius 3 is 2.55 bits per heavy atom. The Balaban J connectivity index is 1.64. The first-order valence-electron chi connectivity index (χ1n) is 14.8. The number of aliphatic hydroxyl groups excluding tert-OH is 1. The second-order valence-electron chi connectivity index (χ2n) is 11.8. The molecule has 4 saturated heterocycles. The third kappa shape index (κ3) is 5.60. The molecule has 40 heavy (non-hydrogen) atoms. The molecule has 0 aromatic carbocycles. The van der Waals surface area contributed by atoms with Crippen molar-refractivity contribution < 1.29 is 33.7 Å². The number of carbonyl (C=O) groups excluding carboxylic acids is 3. The fraction of sp³-hybridized carbons (Fsp3) is 0.767. The minimum atomic E-state index is -1.09. The quantitative estimate of drug-likeness (QED) is 0.183. The second kappa shape index (κ2) is 13.1. The summed E-state index contributed by atoms with van der Waals surface area (Å²) in [5, 5.41) is 9.16. The van der Waals surface area contributed by atoms with Crippen LogP contribution in [0.4, 0.5) is 0 Å². The molecular formula is C30H47N3O7. The normalized spacial score (nSPS) is 33.2. The number of nitrogens with zero attached hydrogens (tertiary/aromatic N) is 3. The van der Waals surface area contributed by atoms with Crippen molar-refractivity contribution in [3.8, 4) is 0 Å². The molecule has 10 nitrogen and oxygen atoms in total. The molecule has 224 valence electrons. The summed E-state index contributed by atoms with van der Waals surface area (Å²) in [6.45, 7) is 16.6. The van der Waals surface area contributed by atoms with Crippen LogP contribution < -0.4 is 0 Å². The van der Waals surface area contributed by atoms with Gasteiger partial charge in [0.2, 0.25) is 11.8 Å². The van der Waals surface area contributed by atoms with Gasteiger partial charge < -0.3 is 29.1 Å². The molecule has 4 aliphatic rings. The smallest absolute Gasteiger partial charge is 0.313 e. The summed E-state index contributed by atoms with van der Waals surface area (Å²) < 4.78 is 17.7. The highest BCUT2D eigenvalue weighted by molar-refractivity contribution is 5.98. The molecule has 3 unspecified atom stereocenters. The third-order valence-corrected chi connectivity index (χ3v) is 9.40. The van der Waals surface area contributed by atoms with E-state index in [4.69, 9.17) is 19.3 Å². The van der Waals surface area contributed by atoms with Gasteiger partial charge >= 0.3 is 5.97 Å². The van der Waals surface area contributed by atoms with E-state index in [0.717, 1.165) is 25.9 Å². The van der Waals surface area contributed by atoms with E-state index in [9.17, 15) is 14.4 Å². The highest BCUT2D eigenvalue weighted by Crippen LogP contribution is 2.65. The summed E-state index contributed by atoms with van der Waals surface area (Å²) in [7, 11) is 0. The molecule has 0 radical (unpaired) electrons. The van der Waals surface area contributed by atoms with Gasteiger partial charge in [-0.15, -0.1) is 6.58 Å². The zero-order chi connectivity index (χ0) is 28.9. The third-order valence-electron chi connectivity index (χ3n) is 9.40. The molecule has 0 aromatic rings.